The molecule has 1 nitrogen and oxygen atoms in total. The van der Waals surface area contributed by atoms with Gasteiger partial charge >= 0.3 is 0 Å². The molecule has 0 aromatic carbocycles. The van der Waals surface area contributed by atoms with Gasteiger partial charge in [0, 0.05) is 36.0 Å². The van der Waals surface area contributed by atoms with Crippen LogP contribution in [0, 0.1) is 0 Å². The van der Waals surface area contributed by atoms with Crippen molar-refractivity contribution in [3.63, 3.8) is 0 Å². The van der Waals surface area contributed by atoms with E-state index in [0.29, 0.717) is 18.6 Å². The molecule has 0 aromatic heterocycles. The monoisotopic (exact) mass is 317 g/mol. The van der Waals surface area contributed by atoms with Crippen LogP contribution in [0.1, 0.15) is 127 Å². The second-order valence-electron chi connectivity index (χ2n) is 4.14. The standard InChI is InChI=1S/C18H36OS/c1-3-4-5-6-7-8-9-10-11-12-13-14-15-16-17-20-18(2)19/h3-17H2,1-2H3/i1D3,3D2,4D2,5D2,6D2,7D2,8D2,9D2. The van der Waals surface area contributed by atoms with Gasteiger partial charge in [0.05, 0.1) is 0 Å². The molecule has 0 rings (SSSR count). The Bertz CT molecular complexity index is 760. The molecule has 0 amide bonds. The van der Waals surface area contributed by atoms with Crippen LogP contribution in [0.15, 0.2) is 0 Å². The van der Waals surface area contributed by atoms with Gasteiger partial charge in [-0.2, -0.15) is 0 Å². The van der Waals surface area contributed by atoms with Crippen LogP contribution in [0.25, 0.3) is 0 Å². The second kappa shape index (κ2) is 17.1. The molecule has 0 atom stereocenters. The predicted molar refractivity (Wildman–Crippen MR) is 93.5 cm³/mol. The van der Waals surface area contributed by atoms with Gasteiger partial charge in [-0.3, -0.25) is 4.79 Å². The van der Waals surface area contributed by atoms with E-state index in [1.807, 2.05) is 0 Å². The predicted octanol–water partition coefficient (Wildman–Crippen LogP) is 6.75. The average Bonchev–Trinajstić information content (AvgIpc) is 2.70. The third kappa shape index (κ3) is 18.0. The molecule has 0 saturated carbocycles. The Balaban J connectivity index is 5.63. The molecule has 0 aliphatic rings. The van der Waals surface area contributed by atoms with E-state index in [4.69, 9.17) is 23.3 Å². The zero-order valence-corrected chi connectivity index (χ0v) is 12.8. The summed E-state index contributed by atoms with van der Waals surface area (Å²) < 4.78 is 133. The fourth-order valence-electron chi connectivity index (χ4n) is 1.47. The number of carbonyl (C=O) groups excluding carboxylic acids is 1. The first-order chi connectivity index (χ1) is 16.2. The summed E-state index contributed by atoms with van der Waals surface area (Å²) in [6, 6.07) is 0. The van der Waals surface area contributed by atoms with Crippen LogP contribution < -0.4 is 0 Å². The first-order valence-corrected chi connectivity index (χ1v) is 7.79. The molecule has 0 heterocycles. The Morgan fingerprint density at radius 1 is 0.850 bits per heavy atom. The van der Waals surface area contributed by atoms with Gasteiger partial charge in [-0.05, 0) is 6.42 Å². The van der Waals surface area contributed by atoms with Gasteiger partial charge in [-0.1, -0.05) is 102 Å². The largest absolute Gasteiger partial charge is 0.288 e. The molecule has 0 aliphatic carbocycles. The highest BCUT2D eigenvalue weighted by Crippen LogP contribution is 2.13. The molecule has 120 valence electrons. The van der Waals surface area contributed by atoms with E-state index in [0.717, 1.165) is 19.3 Å². The zero-order valence-electron chi connectivity index (χ0n) is 29.0. The van der Waals surface area contributed by atoms with E-state index in [1.54, 1.807) is 0 Å². The van der Waals surface area contributed by atoms with Crippen molar-refractivity contribution in [2.24, 2.45) is 0 Å². The maximum atomic E-state index is 10.9. The highest BCUT2D eigenvalue weighted by atomic mass is 32.2. The van der Waals surface area contributed by atoms with Gasteiger partial charge in [0.2, 0.25) is 0 Å². The lowest BCUT2D eigenvalue weighted by atomic mass is 10.0. The molecule has 0 N–H and O–H groups in total. The number of unbranched alkanes of at least 4 members (excludes halogenated alkanes) is 5. The molecule has 0 unspecified atom stereocenters. The Morgan fingerprint density at radius 3 is 2.05 bits per heavy atom. The van der Waals surface area contributed by atoms with Crippen LogP contribution in [0.4, 0.5) is 0 Å². The smallest absolute Gasteiger partial charge is 0.185 e. The van der Waals surface area contributed by atoms with Crippen molar-refractivity contribution in [3.05, 3.63) is 0 Å². The van der Waals surface area contributed by atoms with Gasteiger partial charge in [0.1, 0.15) is 0 Å². The second-order valence-corrected chi connectivity index (χ2v) is 5.41. The molecular weight excluding hydrogens is 264 g/mol. The lowest BCUT2D eigenvalue weighted by molar-refractivity contribution is -0.109. The minimum absolute atomic E-state index is 0.0287. The Hall–Kier alpha value is 0.0200. The summed E-state index contributed by atoms with van der Waals surface area (Å²) in [6.07, 6.45) is -24.4. The number of thioether (sulfide) groups is 1. The van der Waals surface area contributed by atoms with Gasteiger partial charge in [-0.15, -0.1) is 0 Å². The fraction of sp³-hybridized carbons (Fsp3) is 0.944. The zero-order chi connectivity index (χ0) is 29.9. The maximum absolute atomic E-state index is 10.9. The SMILES string of the molecule is [2H]C([2H])([2H])C([2H])([2H])C([2H])([2H])C([2H])([2H])C([2H])([2H])C([2H])([2H])C([2H])([2H])C([2H])([2H])CCCCCCCCSC(C)=O. The molecule has 0 spiro atoms. The van der Waals surface area contributed by atoms with E-state index in [-0.39, 0.29) is 11.5 Å². The summed E-state index contributed by atoms with van der Waals surface area (Å²) in [5.74, 6) is 0.689. The minimum atomic E-state index is -4.24. The van der Waals surface area contributed by atoms with Gasteiger partial charge in [0.15, 0.2) is 5.12 Å². The molecule has 20 heavy (non-hydrogen) atoms. The minimum Gasteiger partial charge on any atom is -0.288 e. The van der Waals surface area contributed by atoms with E-state index in [9.17, 15) is 4.79 Å². The first-order valence-electron chi connectivity index (χ1n) is 15.3. The Labute approximate surface area is 155 Å². The highest BCUT2D eigenvalue weighted by molar-refractivity contribution is 8.13. The summed E-state index contributed by atoms with van der Waals surface area (Å²) in [5, 5.41) is 0.0287. The van der Waals surface area contributed by atoms with Crippen LogP contribution in [-0.4, -0.2) is 10.9 Å². The molecule has 0 saturated heterocycles. The van der Waals surface area contributed by atoms with Crippen molar-refractivity contribution in [2.45, 2.75) is 103 Å². The van der Waals surface area contributed by atoms with Crippen molar-refractivity contribution >= 4 is 16.9 Å². The van der Waals surface area contributed by atoms with Crippen molar-refractivity contribution in [2.75, 3.05) is 5.75 Å². The van der Waals surface area contributed by atoms with Crippen molar-refractivity contribution < 1.29 is 28.1 Å². The topological polar surface area (TPSA) is 17.1 Å². The fourth-order valence-corrected chi connectivity index (χ4v) is 2.11. The number of hydrogen-bond acceptors (Lipinski definition) is 2. The van der Waals surface area contributed by atoms with Gasteiger partial charge < -0.3 is 0 Å². The normalized spacial score (nSPS) is 29.1. The van der Waals surface area contributed by atoms with E-state index in [1.165, 1.54) is 18.7 Å². The maximum Gasteiger partial charge on any atom is 0.185 e. The third-order valence-electron chi connectivity index (χ3n) is 2.40. The van der Waals surface area contributed by atoms with Crippen LogP contribution >= 0.6 is 11.8 Å². The van der Waals surface area contributed by atoms with Gasteiger partial charge in [0.25, 0.3) is 0 Å². The summed E-state index contributed by atoms with van der Waals surface area (Å²) >= 11 is 1.22. The van der Waals surface area contributed by atoms with Gasteiger partial charge in [-0.25, -0.2) is 0 Å². The van der Waals surface area contributed by atoms with Crippen LogP contribution in [-0.2, 0) is 4.79 Å². The molecule has 0 aliphatic heterocycles. The van der Waals surface area contributed by atoms with Crippen LogP contribution in [0.3, 0.4) is 0 Å². The lowest BCUT2D eigenvalue weighted by Gasteiger charge is -2.03. The quantitative estimate of drug-likeness (QED) is 0.311. The molecule has 0 bridgehead atoms. The van der Waals surface area contributed by atoms with Crippen molar-refractivity contribution in [1.82, 2.24) is 0 Å². The average molecular weight is 318 g/mol. The highest BCUT2D eigenvalue weighted by Gasteiger charge is 1.95. The molecular formula is C18H36OS. The van der Waals surface area contributed by atoms with E-state index < -0.39 is 57.9 Å². The first kappa shape index (κ1) is 5.58. The third-order valence-corrected chi connectivity index (χ3v) is 3.30. The van der Waals surface area contributed by atoms with E-state index >= 15 is 0 Å². The summed E-state index contributed by atoms with van der Waals surface area (Å²) in [6.45, 7) is -2.29. The van der Waals surface area contributed by atoms with Crippen molar-refractivity contribution in [3.8, 4) is 0 Å². The molecule has 0 aromatic rings. The number of hydrogen-bond donors (Lipinski definition) is 0. The van der Waals surface area contributed by atoms with Crippen LogP contribution in [0.2, 0.25) is 0 Å². The summed E-state index contributed by atoms with van der Waals surface area (Å²) in [7, 11) is 0. The summed E-state index contributed by atoms with van der Waals surface area (Å²) in [4.78, 5) is 10.9. The number of carbonyl (C=O) groups is 1. The molecule has 2 heteroatoms. The van der Waals surface area contributed by atoms with Crippen molar-refractivity contribution in [1.29, 1.82) is 0 Å². The molecule has 0 radical (unpaired) electrons. The Morgan fingerprint density at radius 2 is 1.40 bits per heavy atom. The van der Waals surface area contributed by atoms with Crippen LogP contribution in [0.5, 0.6) is 0 Å². The number of rotatable bonds is 15. The summed E-state index contributed by atoms with van der Waals surface area (Å²) in [5.41, 5.74) is 0. The molecule has 0 fully saturated rings. The Kier molecular flexibility index (Phi) is 4.77. The van der Waals surface area contributed by atoms with E-state index in [2.05, 4.69) is 0 Å². The lowest BCUT2D eigenvalue weighted by Crippen LogP contribution is -1.87.